The molecule has 0 aliphatic heterocycles. The van der Waals surface area contributed by atoms with E-state index in [9.17, 15) is 26.7 Å². The Kier molecular flexibility index (Phi) is 6.24. The molecular weight excluding hydrogens is 379 g/mol. The topological polar surface area (TPSA) is 67.2 Å². The molecule has 0 fully saturated rings. The number of hydrogen-bond acceptors (Lipinski definition) is 5. The minimum atomic E-state index is -2.27. The van der Waals surface area contributed by atoms with Crippen molar-refractivity contribution < 1.29 is 26.7 Å². The quantitative estimate of drug-likeness (QED) is 0.162. The Morgan fingerprint density at radius 3 is 2.08 bits per heavy atom. The molecule has 1 N–H and O–H groups in total. The van der Waals surface area contributed by atoms with Crippen molar-refractivity contribution in [1.29, 1.82) is 0 Å². The zero-order valence-electron chi connectivity index (χ0n) is 13.4. The second-order valence-electron chi connectivity index (χ2n) is 5.00. The van der Waals surface area contributed by atoms with Crippen LogP contribution in [0.4, 0.5) is 22.0 Å². The highest BCUT2D eigenvalue weighted by Crippen LogP contribution is 2.21. The van der Waals surface area contributed by atoms with Gasteiger partial charge < -0.3 is 0 Å². The Hall–Kier alpha value is -2.56. The fourth-order valence-corrected chi connectivity index (χ4v) is 2.57. The molecule has 0 aliphatic carbocycles. The fraction of sp³-hybridized carbons (Fsp3) is 0.200. The van der Waals surface area contributed by atoms with Crippen LogP contribution < -0.4 is 5.43 Å². The summed E-state index contributed by atoms with van der Waals surface area (Å²) in [4.78, 5) is 19.8. The number of carbonyl (C=O) groups excluding carboxylic acids is 1. The molecule has 138 valence electrons. The molecule has 2 aromatic rings. The van der Waals surface area contributed by atoms with E-state index in [-0.39, 0.29) is 5.75 Å². The molecule has 26 heavy (non-hydrogen) atoms. The Morgan fingerprint density at radius 1 is 1.04 bits per heavy atom. The number of halogens is 5. The normalized spacial score (nSPS) is 11.2. The van der Waals surface area contributed by atoms with Gasteiger partial charge in [0.25, 0.3) is 5.91 Å². The molecule has 0 atom stereocenters. The summed E-state index contributed by atoms with van der Waals surface area (Å²) in [6.45, 7) is 3.51. The van der Waals surface area contributed by atoms with Crippen molar-refractivity contribution in [3.63, 3.8) is 0 Å². The summed E-state index contributed by atoms with van der Waals surface area (Å²) in [7, 11) is 0. The van der Waals surface area contributed by atoms with Crippen LogP contribution in [0.2, 0.25) is 0 Å². The van der Waals surface area contributed by atoms with E-state index >= 15 is 0 Å². The van der Waals surface area contributed by atoms with Crippen molar-refractivity contribution >= 4 is 23.9 Å². The van der Waals surface area contributed by atoms with E-state index < -0.39 is 40.6 Å². The van der Waals surface area contributed by atoms with E-state index in [1.807, 2.05) is 5.43 Å². The number of aromatic nitrogens is 2. The highest BCUT2D eigenvalue weighted by atomic mass is 32.2. The molecule has 1 amide bonds. The van der Waals surface area contributed by atoms with Crippen molar-refractivity contribution in [3.05, 3.63) is 52.1 Å². The SMILES string of the molecule is Cc1cc(C)nc(SCC(=O)N/N=C\c2c(F)c(F)c(F)c(F)c2F)n1. The number of thioether (sulfide) groups is 1. The first kappa shape index (κ1) is 19.8. The number of nitrogens with zero attached hydrogens (tertiary/aromatic N) is 3. The van der Waals surface area contributed by atoms with Crippen LogP contribution in [0.5, 0.6) is 0 Å². The van der Waals surface area contributed by atoms with Gasteiger partial charge in [-0.05, 0) is 19.9 Å². The third-order valence-corrected chi connectivity index (χ3v) is 3.77. The highest BCUT2D eigenvalue weighted by Gasteiger charge is 2.24. The molecule has 1 aromatic heterocycles. The second kappa shape index (κ2) is 8.21. The monoisotopic (exact) mass is 390 g/mol. The third kappa shape index (κ3) is 4.54. The van der Waals surface area contributed by atoms with E-state index in [1.54, 1.807) is 19.9 Å². The van der Waals surface area contributed by atoms with Crippen LogP contribution in [-0.4, -0.2) is 27.8 Å². The van der Waals surface area contributed by atoms with Gasteiger partial charge in [-0.2, -0.15) is 5.10 Å². The molecule has 1 aromatic carbocycles. The minimum Gasteiger partial charge on any atom is -0.272 e. The molecule has 0 aliphatic rings. The lowest BCUT2D eigenvalue weighted by Crippen LogP contribution is -2.20. The van der Waals surface area contributed by atoms with Gasteiger partial charge in [0.05, 0.1) is 17.5 Å². The average Bonchev–Trinajstić information content (AvgIpc) is 2.58. The van der Waals surface area contributed by atoms with Crippen molar-refractivity contribution in [1.82, 2.24) is 15.4 Å². The standard InChI is InChI=1S/C15H11F5N4OS/c1-6-3-7(2)23-15(22-6)26-5-9(25)24-21-4-8-10(16)12(18)14(20)13(19)11(8)17/h3-4H,5H2,1-2H3,(H,24,25)/b21-4-. The Bertz CT molecular complexity index is 842. The van der Waals surface area contributed by atoms with Crippen molar-refractivity contribution in [3.8, 4) is 0 Å². The second-order valence-corrected chi connectivity index (χ2v) is 5.94. The molecule has 5 nitrogen and oxygen atoms in total. The van der Waals surface area contributed by atoms with Crippen molar-refractivity contribution in [2.75, 3.05) is 5.75 Å². The van der Waals surface area contributed by atoms with Gasteiger partial charge in [-0.1, -0.05) is 11.8 Å². The number of carbonyl (C=O) groups is 1. The van der Waals surface area contributed by atoms with Gasteiger partial charge >= 0.3 is 0 Å². The summed E-state index contributed by atoms with van der Waals surface area (Å²) in [5, 5.41) is 3.56. The van der Waals surface area contributed by atoms with E-state index in [0.29, 0.717) is 22.8 Å². The molecule has 0 saturated carbocycles. The van der Waals surface area contributed by atoms with Crippen LogP contribution in [0.25, 0.3) is 0 Å². The maximum atomic E-state index is 13.4. The first-order chi connectivity index (χ1) is 12.2. The van der Waals surface area contributed by atoms with Gasteiger partial charge in [0.2, 0.25) is 5.82 Å². The fourth-order valence-electron chi connectivity index (χ4n) is 1.82. The predicted octanol–water partition coefficient (Wildman–Crippen LogP) is 3.03. The molecule has 0 spiro atoms. The number of nitrogens with one attached hydrogen (secondary N) is 1. The van der Waals surface area contributed by atoms with Crippen LogP contribution in [0.15, 0.2) is 16.3 Å². The van der Waals surface area contributed by atoms with Crippen LogP contribution in [0.1, 0.15) is 17.0 Å². The summed E-state index contributed by atoms with van der Waals surface area (Å²) in [5.41, 5.74) is 2.09. The van der Waals surface area contributed by atoms with Crippen LogP contribution >= 0.6 is 11.8 Å². The van der Waals surface area contributed by atoms with Crippen LogP contribution in [0, 0.1) is 42.9 Å². The predicted molar refractivity (Wildman–Crippen MR) is 84.2 cm³/mol. The van der Waals surface area contributed by atoms with Crippen molar-refractivity contribution in [2.24, 2.45) is 5.10 Å². The third-order valence-electron chi connectivity index (χ3n) is 2.92. The number of hydrazone groups is 1. The molecule has 0 unspecified atom stereocenters. The van der Waals surface area contributed by atoms with Gasteiger partial charge in [0.15, 0.2) is 28.4 Å². The smallest absolute Gasteiger partial charge is 0.250 e. The zero-order valence-corrected chi connectivity index (χ0v) is 14.2. The van der Waals surface area contributed by atoms with Crippen LogP contribution in [0.3, 0.4) is 0 Å². The lowest BCUT2D eigenvalue weighted by molar-refractivity contribution is -0.118. The molecule has 11 heteroatoms. The molecule has 0 bridgehead atoms. The van der Waals surface area contributed by atoms with E-state index in [2.05, 4.69) is 15.1 Å². The Labute approximate surface area is 148 Å². The van der Waals surface area contributed by atoms with E-state index in [1.165, 1.54) is 0 Å². The lowest BCUT2D eigenvalue weighted by Gasteiger charge is -2.04. The van der Waals surface area contributed by atoms with Gasteiger partial charge in [0, 0.05) is 11.4 Å². The van der Waals surface area contributed by atoms with E-state index in [4.69, 9.17) is 0 Å². The molecule has 0 saturated heterocycles. The number of hydrogen-bond donors (Lipinski definition) is 1. The van der Waals surface area contributed by atoms with E-state index in [0.717, 1.165) is 11.8 Å². The number of aryl methyl sites for hydroxylation is 2. The zero-order chi connectivity index (χ0) is 19.4. The maximum Gasteiger partial charge on any atom is 0.250 e. The molecule has 1 heterocycles. The Morgan fingerprint density at radius 2 is 1.54 bits per heavy atom. The maximum absolute atomic E-state index is 13.4. The number of amides is 1. The summed E-state index contributed by atoms with van der Waals surface area (Å²) >= 11 is 0.990. The van der Waals surface area contributed by atoms with Gasteiger partial charge in [0.1, 0.15) is 0 Å². The van der Waals surface area contributed by atoms with Gasteiger partial charge in [-0.15, -0.1) is 0 Å². The molecule has 2 rings (SSSR count). The lowest BCUT2D eigenvalue weighted by atomic mass is 10.2. The van der Waals surface area contributed by atoms with Gasteiger partial charge in [-0.25, -0.2) is 37.3 Å². The first-order valence-corrected chi connectivity index (χ1v) is 7.97. The molecule has 0 radical (unpaired) electrons. The number of benzene rings is 1. The summed E-state index contributed by atoms with van der Waals surface area (Å²) < 4.78 is 65.8. The summed E-state index contributed by atoms with van der Waals surface area (Å²) in [6, 6.07) is 1.75. The largest absolute Gasteiger partial charge is 0.272 e. The van der Waals surface area contributed by atoms with Crippen LogP contribution in [-0.2, 0) is 4.79 Å². The average molecular weight is 390 g/mol. The highest BCUT2D eigenvalue weighted by molar-refractivity contribution is 7.99. The molecular formula is C15H11F5N4OS. The summed E-state index contributed by atoms with van der Waals surface area (Å²) in [6.07, 6.45) is 0.339. The van der Waals surface area contributed by atoms with Crippen molar-refractivity contribution in [2.45, 2.75) is 19.0 Å². The minimum absolute atomic E-state index is 0.169. The Balaban J connectivity index is 2.01. The van der Waals surface area contributed by atoms with Gasteiger partial charge in [-0.3, -0.25) is 4.79 Å². The first-order valence-electron chi connectivity index (χ1n) is 6.99. The number of rotatable bonds is 5. The summed E-state index contributed by atoms with van der Waals surface area (Å²) in [5.74, 6) is -11.4.